The zero-order valence-corrected chi connectivity index (χ0v) is 24.4. The molecule has 1 fully saturated rings. The number of unbranched alkanes of at least 4 members (excludes halogenated alkanes) is 1. The highest BCUT2D eigenvalue weighted by atomic mass is 19.1. The topological polar surface area (TPSA) is 87.7 Å². The number of hydrogen-bond acceptors (Lipinski definition) is 5. The van der Waals surface area contributed by atoms with Crippen LogP contribution >= 0.6 is 0 Å². The molecule has 8 heteroatoms. The Labute approximate surface area is 237 Å². The van der Waals surface area contributed by atoms with Gasteiger partial charge in [-0.2, -0.15) is 0 Å². The maximum absolute atomic E-state index is 13.5. The average Bonchev–Trinajstić information content (AvgIpc) is 3.77. The van der Waals surface area contributed by atoms with E-state index < -0.39 is 24.0 Å². The molecule has 3 rings (SSSR count). The average molecular weight is 554 g/mol. The number of ketones is 1. The highest BCUT2D eigenvalue weighted by molar-refractivity contribution is 5.93. The quantitative estimate of drug-likeness (QED) is 0.320. The Balaban J connectivity index is 1.57. The number of nitrogens with one attached hydrogen (secondary N) is 2. The van der Waals surface area contributed by atoms with E-state index in [0.717, 1.165) is 43.4 Å². The fourth-order valence-corrected chi connectivity index (χ4v) is 4.66. The van der Waals surface area contributed by atoms with E-state index >= 15 is 0 Å². The number of carbonyl (C=O) groups excluding carboxylic acids is 3. The third-order valence-corrected chi connectivity index (χ3v) is 7.55. The Hall–Kier alpha value is -3.26. The van der Waals surface area contributed by atoms with E-state index in [1.165, 1.54) is 29.5 Å². The summed E-state index contributed by atoms with van der Waals surface area (Å²) in [6.45, 7) is 7.72. The van der Waals surface area contributed by atoms with Crippen molar-refractivity contribution in [3.05, 3.63) is 65.5 Å². The molecule has 218 valence electrons. The second-order valence-electron chi connectivity index (χ2n) is 11.0. The second kappa shape index (κ2) is 14.9. The number of likely N-dealkylation sites (N-methyl/N-ethyl adjacent to an activating group) is 1. The first-order valence-corrected chi connectivity index (χ1v) is 14.4. The number of amides is 2. The van der Waals surface area contributed by atoms with Crippen LogP contribution in [-0.4, -0.2) is 60.3 Å². The minimum absolute atomic E-state index is 0.148. The molecule has 40 heavy (non-hydrogen) atoms. The second-order valence-corrected chi connectivity index (χ2v) is 11.0. The molecule has 0 aliphatic heterocycles. The molecular weight excluding hydrogens is 509 g/mol. The number of carbonyl (C=O) groups is 3. The van der Waals surface area contributed by atoms with Crippen molar-refractivity contribution in [2.24, 2.45) is 5.92 Å². The molecule has 0 radical (unpaired) electrons. The fraction of sp³-hybridized carbons (Fsp3) is 0.531. The molecule has 2 amide bonds. The minimum Gasteiger partial charge on any atom is -0.489 e. The lowest BCUT2D eigenvalue weighted by atomic mass is 10.0. The predicted octanol–water partition coefficient (Wildman–Crippen LogP) is 4.47. The van der Waals surface area contributed by atoms with Gasteiger partial charge in [-0.05, 0) is 88.1 Å². The smallest absolute Gasteiger partial charge is 0.243 e. The molecule has 0 saturated heterocycles. The van der Waals surface area contributed by atoms with Gasteiger partial charge in [0.2, 0.25) is 11.8 Å². The number of nitrogens with zero attached hydrogens (tertiary/aromatic N) is 1. The Morgan fingerprint density at radius 1 is 1.07 bits per heavy atom. The summed E-state index contributed by atoms with van der Waals surface area (Å²) < 4.78 is 19.5. The van der Waals surface area contributed by atoms with Crippen molar-refractivity contribution in [1.29, 1.82) is 0 Å². The van der Waals surface area contributed by atoms with Crippen molar-refractivity contribution in [2.45, 2.75) is 90.4 Å². The van der Waals surface area contributed by atoms with Crippen LogP contribution in [0.3, 0.4) is 0 Å². The molecule has 1 aliphatic rings. The van der Waals surface area contributed by atoms with E-state index in [1.807, 2.05) is 25.1 Å². The van der Waals surface area contributed by atoms with Gasteiger partial charge in [-0.15, -0.1) is 0 Å². The molecule has 0 heterocycles. The third-order valence-electron chi connectivity index (χ3n) is 7.55. The molecule has 0 aromatic heterocycles. The maximum Gasteiger partial charge on any atom is 0.243 e. The zero-order valence-electron chi connectivity index (χ0n) is 24.4. The van der Waals surface area contributed by atoms with Crippen LogP contribution in [-0.2, 0) is 27.2 Å². The number of hydrogen-bond donors (Lipinski definition) is 2. The Morgan fingerprint density at radius 2 is 1.75 bits per heavy atom. The van der Waals surface area contributed by atoms with E-state index in [9.17, 15) is 18.8 Å². The van der Waals surface area contributed by atoms with Gasteiger partial charge >= 0.3 is 0 Å². The van der Waals surface area contributed by atoms with Gasteiger partial charge in [0.05, 0.1) is 12.1 Å². The van der Waals surface area contributed by atoms with Gasteiger partial charge in [0.25, 0.3) is 0 Å². The molecule has 2 aromatic rings. The number of halogens is 1. The molecule has 0 unspecified atom stereocenters. The van der Waals surface area contributed by atoms with Gasteiger partial charge in [-0.3, -0.25) is 14.4 Å². The lowest BCUT2D eigenvalue weighted by Gasteiger charge is -2.30. The van der Waals surface area contributed by atoms with Crippen LogP contribution in [0.4, 0.5) is 4.39 Å². The maximum atomic E-state index is 13.5. The number of aryl methyl sites for hydroxylation is 1. The van der Waals surface area contributed by atoms with Gasteiger partial charge in [0, 0.05) is 13.6 Å². The number of Topliss-reactive ketones (excluding diaryl/α,β-unsaturated/α-hetero) is 1. The first kappa shape index (κ1) is 31.3. The Kier molecular flexibility index (Phi) is 11.7. The van der Waals surface area contributed by atoms with Crippen LogP contribution < -0.4 is 15.4 Å². The fourth-order valence-electron chi connectivity index (χ4n) is 4.66. The summed E-state index contributed by atoms with van der Waals surface area (Å²) in [6, 6.07) is 12.0. The lowest BCUT2D eigenvalue weighted by molar-refractivity contribution is -0.141. The molecule has 2 aromatic carbocycles. The monoisotopic (exact) mass is 553 g/mol. The molecule has 0 bridgehead atoms. The molecule has 1 saturated carbocycles. The first-order valence-electron chi connectivity index (χ1n) is 14.4. The van der Waals surface area contributed by atoms with Crippen LogP contribution in [0.25, 0.3) is 0 Å². The van der Waals surface area contributed by atoms with Crippen molar-refractivity contribution in [3.63, 3.8) is 0 Å². The van der Waals surface area contributed by atoms with Crippen molar-refractivity contribution >= 4 is 17.6 Å². The van der Waals surface area contributed by atoms with Crippen LogP contribution in [0.2, 0.25) is 0 Å². The van der Waals surface area contributed by atoms with Crippen LogP contribution in [0.5, 0.6) is 5.75 Å². The van der Waals surface area contributed by atoms with Crippen molar-refractivity contribution in [3.8, 4) is 5.75 Å². The molecular formula is C32H44FN3O4. The van der Waals surface area contributed by atoms with Gasteiger partial charge in [-0.1, -0.05) is 43.7 Å². The summed E-state index contributed by atoms with van der Waals surface area (Å²) in [5, 5.41) is 6.18. The van der Waals surface area contributed by atoms with Crippen LogP contribution in [0.15, 0.2) is 48.5 Å². The standard InChI is InChI=1S/C32H44FN3O4/c1-6-7-10-25-11-8-9-12-29(25)40-21(2)20-34-30(26-15-16-26)32(39)36(5)22(3)31(38)35-28(23(4)37)19-24-13-17-27(33)18-14-24/h8-9,11-14,17-18,21-22,26,28,30,34H,6-7,10,15-16,19-20H2,1-5H3,(H,35,38)/t21-,22-,28-,30+/m1/s1. The molecule has 1 aliphatic carbocycles. The van der Waals surface area contributed by atoms with Gasteiger partial charge < -0.3 is 20.3 Å². The van der Waals surface area contributed by atoms with E-state index in [-0.39, 0.29) is 36.0 Å². The molecule has 4 atom stereocenters. The Bertz CT molecular complexity index is 1140. The van der Waals surface area contributed by atoms with Crippen molar-refractivity contribution in [2.75, 3.05) is 13.6 Å². The van der Waals surface area contributed by atoms with Gasteiger partial charge in [0.15, 0.2) is 5.78 Å². The normalized spacial score (nSPS) is 15.9. The Morgan fingerprint density at radius 3 is 2.38 bits per heavy atom. The highest BCUT2D eigenvalue weighted by Crippen LogP contribution is 2.33. The van der Waals surface area contributed by atoms with E-state index in [4.69, 9.17) is 4.74 Å². The van der Waals surface area contributed by atoms with E-state index in [2.05, 4.69) is 23.6 Å². The van der Waals surface area contributed by atoms with Gasteiger partial charge in [-0.25, -0.2) is 4.39 Å². The van der Waals surface area contributed by atoms with Crippen molar-refractivity contribution in [1.82, 2.24) is 15.5 Å². The summed E-state index contributed by atoms with van der Waals surface area (Å²) in [5.41, 5.74) is 1.93. The predicted molar refractivity (Wildman–Crippen MR) is 155 cm³/mol. The molecule has 0 spiro atoms. The lowest BCUT2D eigenvalue weighted by Crippen LogP contribution is -2.55. The van der Waals surface area contributed by atoms with Crippen LogP contribution in [0.1, 0.15) is 64.5 Å². The molecule has 7 nitrogen and oxygen atoms in total. The third kappa shape index (κ3) is 9.15. The van der Waals surface area contributed by atoms with Crippen molar-refractivity contribution < 1.29 is 23.5 Å². The molecule has 2 N–H and O–H groups in total. The summed E-state index contributed by atoms with van der Waals surface area (Å²) in [4.78, 5) is 40.3. The largest absolute Gasteiger partial charge is 0.489 e. The number of ether oxygens (including phenoxy) is 1. The first-order chi connectivity index (χ1) is 19.1. The highest BCUT2D eigenvalue weighted by Gasteiger charge is 2.39. The SMILES string of the molecule is CCCCc1ccccc1O[C@H](C)CN[C@H](C(=O)N(C)[C@H](C)C(=O)N[C@H](Cc1ccc(F)cc1)C(C)=O)C1CC1. The van der Waals surface area contributed by atoms with Gasteiger partial charge in [0.1, 0.15) is 23.7 Å². The zero-order chi connectivity index (χ0) is 29.2. The van der Waals surface area contributed by atoms with Crippen LogP contribution in [0, 0.1) is 11.7 Å². The van der Waals surface area contributed by atoms with E-state index in [0.29, 0.717) is 6.54 Å². The number of rotatable bonds is 16. The summed E-state index contributed by atoms with van der Waals surface area (Å²) in [6.07, 6.45) is 5.19. The minimum atomic E-state index is -0.773. The number of benzene rings is 2. The summed E-state index contributed by atoms with van der Waals surface area (Å²) in [7, 11) is 1.62. The summed E-state index contributed by atoms with van der Waals surface area (Å²) in [5.74, 6) is -0.0360. The van der Waals surface area contributed by atoms with E-state index in [1.54, 1.807) is 26.1 Å². The summed E-state index contributed by atoms with van der Waals surface area (Å²) >= 11 is 0. The number of para-hydroxylation sites is 1.